The lowest BCUT2D eigenvalue weighted by Gasteiger charge is -2.24. The molecule has 0 aliphatic carbocycles. The van der Waals surface area contributed by atoms with Crippen molar-refractivity contribution in [3.63, 3.8) is 0 Å². The van der Waals surface area contributed by atoms with Crippen LogP contribution in [0.4, 0.5) is 0 Å². The first-order chi connectivity index (χ1) is 14.7. The van der Waals surface area contributed by atoms with Crippen molar-refractivity contribution in [1.29, 1.82) is 5.26 Å². The van der Waals surface area contributed by atoms with Crippen LogP contribution in [0.5, 0.6) is 5.88 Å². The van der Waals surface area contributed by atoms with Crippen LogP contribution in [0.1, 0.15) is 22.9 Å². The zero-order valence-corrected chi connectivity index (χ0v) is 15.9. The number of hydrogen-bond acceptors (Lipinski definition) is 7. The van der Waals surface area contributed by atoms with Gasteiger partial charge in [0.25, 0.3) is 0 Å². The van der Waals surface area contributed by atoms with Gasteiger partial charge in [-0.2, -0.15) is 10.4 Å². The molecule has 4 aromatic rings. The predicted octanol–water partition coefficient (Wildman–Crippen LogP) is 2.58. The highest BCUT2D eigenvalue weighted by Crippen LogP contribution is 2.45. The minimum atomic E-state index is -0.444. The van der Waals surface area contributed by atoms with Gasteiger partial charge in [-0.15, -0.1) is 0 Å². The molecule has 30 heavy (non-hydrogen) atoms. The largest absolute Gasteiger partial charge is 0.422 e. The summed E-state index contributed by atoms with van der Waals surface area (Å²) < 4.78 is 7.63. The number of fused-ring (bicyclic) bond motifs is 1. The number of aromatic amines is 1. The number of ether oxygens (including phenoxy) is 1. The lowest BCUT2D eigenvalue weighted by atomic mass is 9.83. The highest BCUT2D eigenvalue weighted by atomic mass is 16.5. The van der Waals surface area contributed by atoms with Crippen LogP contribution in [-0.2, 0) is 0 Å². The van der Waals surface area contributed by atoms with Crippen molar-refractivity contribution in [2.45, 2.75) is 12.8 Å². The Bertz CT molecular complexity index is 1300. The van der Waals surface area contributed by atoms with Crippen LogP contribution in [0.2, 0.25) is 0 Å². The summed E-state index contributed by atoms with van der Waals surface area (Å²) in [6, 6.07) is 11.9. The van der Waals surface area contributed by atoms with Crippen LogP contribution in [-0.4, -0.2) is 29.7 Å². The maximum absolute atomic E-state index is 9.82. The molecule has 4 heterocycles. The number of nitrogens with two attached hydrogens (primary N) is 1. The lowest BCUT2D eigenvalue weighted by molar-refractivity contribution is 0.379. The number of hydrogen-bond donors (Lipinski definition) is 2. The number of H-pyrrole nitrogens is 1. The zero-order valence-electron chi connectivity index (χ0n) is 15.9. The average Bonchev–Trinajstić information content (AvgIpc) is 3.39. The third-order valence-electron chi connectivity index (χ3n) is 5.10. The van der Waals surface area contributed by atoms with Gasteiger partial charge in [-0.25, -0.2) is 20.1 Å². The van der Waals surface area contributed by atoms with Gasteiger partial charge in [0.05, 0.1) is 17.2 Å². The molecule has 0 spiro atoms. The van der Waals surface area contributed by atoms with E-state index in [2.05, 4.69) is 31.2 Å². The van der Waals surface area contributed by atoms with E-state index in [0.717, 1.165) is 17.1 Å². The molecule has 3 aromatic heterocycles. The first kappa shape index (κ1) is 17.6. The Morgan fingerprint density at radius 2 is 2.00 bits per heavy atom. The van der Waals surface area contributed by atoms with E-state index in [1.807, 2.05) is 42.0 Å². The molecule has 0 saturated heterocycles. The van der Waals surface area contributed by atoms with Crippen molar-refractivity contribution < 1.29 is 4.74 Å². The highest BCUT2D eigenvalue weighted by molar-refractivity contribution is 5.68. The second-order valence-electron chi connectivity index (χ2n) is 6.77. The van der Waals surface area contributed by atoms with E-state index in [-0.39, 0.29) is 5.88 Å². The fourth-order valence-corrected chi connectivity index (χ4v) is 3.69. The van der Waals surface area contributed by atoms with Gasteiger partial charge in [-0.1, -0.05) is 12.1 Å². The van der Waals surface area contributed by atoms with Crippen molar-refractivity contribution in [1.82, 2.24) is 29.7 Å². The summed E-state index contributed by atoms with van der Waals surface area (Å²) >= 11 is 0. The first-order valence-corrected chi connectivity index (χ1v) is 9.20. The smallest absolute Gasteiger partial charge is 0.222 e. The molecule has 9 heteroatoms. The monoisotopic (exact) mass is 396 g/mol. The quantitative estimate of drug-likeness (QED) is 0.544. The lowest BCUT2D eigenvalue weighted by Crippen LogP contribution is -2.21. The Morgan fingerprint density at radius 3 is 2.67 bits per heavy atom. The van der Waals surface area contributed by atoms with E-state index in [0.29, 0.717) is 28.4 Å². The number of nitrogens with one attached hydrogen (secondary N) is 1. The third-order valence-corrected chi connectivity index (χ3v) is 5.10. The molecule has 1 aliphatic heterocycles. The van der Waals surface area contributed by atoms with Gasteiger partial charge in [0.1, 0.15) is 29.5 Å². The summed E-state index contributed by atoms with van der Waals surface area (Å²) in [5, 5.41) is 17.1. The summed E-state index contributed by atoms with van der Waals surface area (Å²) in [4.78, 5) is 12.5. The normalized spacial score (nSPS) is 15.4. The van der Waals surface area contributed by atoms with Crippen LogP contribution in [0.25, 0.3) is 17.1 Å². The van der Waals surface area contributed by atoms with Crippen molar-refractivity contribution in [3.8, 4) is 29.0 Å². The topological polar surface area (TPSA) is 131 Å². The number of imidazole rings is 1. The number of benzene rings is 1. The Kier molecular flexibility index (Phi) is 4.03. The van der Waals surface area contributed by atoms with E-state index in [4.69, 9.17) is 10.5 Å². The highest BCUT2D eigenvalue weighted by Gasteiger charge is 2.35. The van der Waals surface area contributed by atoms with Crippen molar-refractivity contribution in [2.24, 2.45) is 5.73 Å². The molecule has 1 aromatic carbocycles. The predicted molar refractivity (Wildman–Crippen MR) is 107 cm³/mol. The summed E-state index contributed by atoms with van der Waals surface area (Å²) in [5.74, 6) is 0.904. The molecular weight excluding hydrogens is 380 g/mol. The van der Waals surface area contributed by atoms with Gasteiger partial charge in [0.15, 0.2) is 0 Å². The van der Waals surface area contributed by atoms with Gasteiger partial charge < -0.3 is 15.0 Å². The summed E-state index contributed by atoms with van der Waals surface area (Å²) in [7, 11) is 0. The summed E-state index contributed by atoms with van der Waals surface area (Å²) in [6.07, 6.45) is 6.75. The van der Waals surface area contributed by atoms with Gasteiger partial charge in [0, 0.05) is 24.3 Å². The average molecular weight is 396 g/mol. The molecule has 0 fully saturated rings. The van der Waals surface area contributed by atoms with Gasteiger partial charge >= 0.3 is 0 Å². The Balaban J connectivity index is 1.65. The molecule has 0 saturated carbocycles. The van der Waals surface area contributed by atoms with Crippen molar-refractivity contribution >= 4 is 0 Å². The molecule has 5 rings (SSSR count). The second-order valence-corrected chi connectivity index (χ2v) is 6.77. The molecule has 0 bridgehead atoms. The minimum absolute atomic E-state index is 0.0578. The Morgan fingerprint density at radius 1 is 1.17 bits per heavy atom. The standard InChI is InChI=1S/C21H16N8O/c1-12-25-8-9-29(12)14-4-2-13(3-5-14)17-15(10-22)20(23)30-21-18(17)19(27-28-21)16-6-7-24-11-26-16/h2-9,11,17H,23H2,1H3,(H,27,28). The zero-order chi connectivity index (χ0) is 20.7. The van der Waals surface area contributed by atoms with Gasteiger partial charge in [0.2, 0.25) is 11.8 Å². The molecule has 0 amide bonds. The molecule has 146 valence electrons. The van der Waals surface area contributed by atoms with Gasteiger partial charge in [-0.05, 0) is 30.7 Å². The SMILES string of the molecule is Cc1nccn1-c1ccc(C2C(C#N)=C(N)Oc3[nH]nc(-c4ccncn4)c32)cc1. The number of nitriles is 1. The third kappa shape index (κ3) is 2.70. The second kappa shape index (κ2) is 6.86. The minimum Gasteiger partial charge on any atom is -0.422 e. The van der Waals surface area contributed by atoms with E-state index in [1.165, 1.54) is 6.33 Å². The maximum Gasteiger partial charge on any atom is 0.222 e. The Hall–Kier alpha value is -4.45. The molecule has 1 aliphatic rings. The van der Waals surface area contributed by atoms with Crippen LogP contribution < -0.4 is 10.5 Å². The summed E-state index contributed by atoms with van der Waals surface area (Å²) in [5.41, 5.74) is 10.2. The molecule has 1 unspecified atom stereocenters. The summed E-state index contributed by atoms with van der Waals surface area (Å²) in [6.45, 7) is 1.94. The first-order valence-electron chi connectivity index (χ1n) is 9.20. The fourth-order valence-electron chi connectivity index (χ4n) is 3.69. The van der Waals surface area contributed by atoms with E-state index < -0.39 is 5.92 Å². The molecular formula is C21H16N8O. The van der Waals surface area contributed by atoms with E-state index >= 15 is 0 Å². The number of aryl methyl sites for hydroxylation is 1. The van der Waals surface area contributed by atoms with Crippen molar-refractivity contribution in [3.05, 3.63) is 83.7 Å². The van der Waals surface area contributed by atoms with Gasteiger partial charge in [-0.3, -0.25) is 0 Å². The number of nitrogens with zero attached hydrogens (tertiary/aromatic N) is 6. The molecule has 9 nitrogen and oxygen atoms in total. The molecule has 1 atom stereocenters. The number of aromatic nitrogens is 6. The van der Waals surface area contributed by atoms with Crippen LogP contribution in [0.15, 0.2) is 66.7 Å². The van der Waals surface area contributed by atoms with Crippen LogP contribution >= 0.6 is 0 Å². The van der Waals surface area contributed by atoms with Crippen molar-refractivity contribution in [2.75, 3.05) is 0 Å². The van der Waals surface area contributed by atoms with Crippen LogP contribution in [0, 0.1) is 18.3 Å². The molecule has 0 radical (unpaired) electrons. The van der Waals surface area contributed by atoms with E-state index in [9.17, 15) is 5.26 Å². The Labute approximate surface area is 171 Å². The maximum atomic E-state index is 9.82. The van der Waals surface area contributed by atoms with Crippen LogP contribution in [0.3, 0.4) is 0 Å². The fraction of sp³-hybridized carbons (Fsp3) is 0.0952. The molecule has 3 N–H and O–H groups in total. The van der Waals surface area contributed by atoms with E-state index in [1.54, 1.807) is 18.5 Å². The number of allylic oxidation sites excluding steroid dienone is 1. The number of rotatable bonds is 3.